The van der Waals surface area contributed by atoms with E-state index in [0.29, 0.717) is 23.2 Å². The molecule has 10 nitrogen and oxygen atoms in total. The van der Waals surface area contributed by atoms with Crippen LogP contribution in [0.15, 0.2) is 78.9 Å². The van der Waals surface area contributed by atoms with Crippen LogP contribution in [0, 0.1) is 0 Å². The normalized spacial score (nSPS) is 13.8. The lowest BCUT2D eigenvalue weighted by molar-refractivity contribution is -0.274. The first-order valence-corrected chi connectivity index (χ1v) is 14.6. The monoisotopic (exact) mass is 619 g/mol. The van der Waals surface area contributed by atoms with E-state index >= 15 is 0 Å². The molecule has 3 N–H and O–H groups in total. The average molecular weight is 620 g/mol. The molecule has 1 atom stereocenters. The molecule has 0 spiro atoms. The van der Waals surface area contributed by atoms with Gasteiger partial charge in [0.25, 0.3) is 11.9 Å². The zero-order valence-corrected chi connectivity index (χ0v) is 24.5. The number of hydrogen-bond acceptors (Lipinski definition) is 6. The van der Waals surface area contributed by atoms with Gasteiger partial charge in [-0.05, 0) is 96.0 Å². The highest BCUT2D eigenvalue weighted by molar-refractivity contribution is 6.03. The van der Waals surface area contributed by atoms with Gasteiger partial charge in [0.05, 0.1) is 12.6 Å². The zero-order chi connectivity index (χ0) is 31.8. The Morgan fingerprint density at radius 1 is 1.00 bits per heavy atom. The summed E-state index contributed by atoms with van der Waals surface area (Å²) in [5.74, 6) is -0.702. The van der Waals surface area contributed by atoms with Crippen molar-refractivity contribution in [2.24, 2.45) is 0 Å². The number of carbonyl (C=O) groups is 2. The van der Waals surface area contributed by atoms with Crippen molar-refractivity contribution in [3.63, 3.8) is 0 Å². The van der Waals surface area contributed by atoms with E-state index in [1.807, 2.05) is 31.2 Å². The molecule has 0 bridgehead atoms. The highest BCUT2D eigenvalue weighted by Crippen LogP contribution is 2.30. The van der Waals surface area contributed by atoms with Gasteiger partial charge in [-0.25, -0.2) is 4.79 Å². The molecule has 5 rings (SSSR count). The van der Waals surface area contributed by atoms with Crippen molar-refractivity contribution in [1.29, 1.82) is 0 Å². The number of allylic oxidation sites excluding steroid dienone is 2. The number of tetrazole rings is 1. The van der Waals surface area contributed by atoms with Crippen molar-refractivity contribution in [3.05, 3.63) is 101 Å². The molecule has 0 radical (unpaired) electrons. The zero-order valence-electron chi connectivity index (χ0n) is 24.5. The molecule has 0 saturated heterocycles. The first-order valence-electron chi connectivity index (χ1n) is 14.6. The number of rotatable bonds is 10. The van der Waals surface area contributed by atoms with Gasteiger partial charge in [0.1, 0.15) is 5.75 Å². The van der Waals surface area contributed by atoms with Crippen LogP contribution in [0.3, 0.4) is 0 Å². The molecule has 1 aliphatic rings. The fourth-order valence-electron chi connectivity index (χ4n) is 5.12. The fourth-order valence-corrected chi connectivity index (χ4v) is 5.12. The van der Waals surface area contributed by atoms with Gasteiger partial charge in [0, 0.05) is 11.3 Å². The van der Waals surface area contributed by atoms with Crippen LogP contribution in [-0.4, -0.2) is 38.9 Å². The summed E-state index contributed by atoms with van der Waals surface area (Å²) in [5.41, 5.74) is 4.84. The molecule has 1 heterocycles. The highest BCUT2D eigenvalue weighted by Gasteiger charge is 2.31. The Morgan fingerprint density at radius 2 is 1.73 bits per heavy atom. The van der Waals surface area contributed by atoms with Crippen LogP contribution in [0.25, 0.3) is 5.57 Å². The standard InChI is InChI=1S/C32H32F3N7O3/c1-2-28(24-14-18-27(19-15-24)45-32(33,34)35)36-31(44)42(26-16-12-23(13-17-26)22-6-4-3-5-7-22)20-21-8-10-25(11-9-21)29(43)37-30-38-40-41-39-30/h6,8-19,28H,2-5,7,20H2,1H3,(H,36,44)(H2,37,38,39,40,41,43). The molecule has 3 aromatic carbocycles. The summed E-state index contributed by atoms with van der Waals surface area (Å²) in [6.45, 7) is 2.07. The molecule has 13 heteroatoms. The molecule has 4 aromatic rings. The molecule has 1 aromatic heterocycles. The summed E-state index contributed by atoms with van der Waals surface area (Å²) in [6, 6.07) is 19.2. The number of nitrogens with one attached hydrogen (secondary N) is 3. The predicted molar refractivity (Wildman–Crippen MR) is 162 cm³/mol. The number of anilines is 2. The van der Waals surface area contributed by atoms with E-state index < -0.39 is 18.3 Å². The van der Waals surface area contributed by atoms with Crippen molar-refractivity contribution in [2.75, 3.05) is 10.2 Å². The number of H-pyrrole nitrogens is 1. The van der Waals surface area contributed by atoms with Gasteiger partial charge in [0.15, 0.2) is 0 Å². The van der Waals surface area contributed by atoms with Crippen LogP contribution >= 0.6 is 0 Å². The molecule has 0 aliphatic heterocycles. The Labute approximate surface area is 257 Å². The van der Waals surface area contributed by atoms with Gasteiger partial charge in [-0.3, -0.25) is 15.0 Å². The van der Waals surface area contributed by atoms with E-state index in [9.17, 15) is 22.8 Å². The Hall–Kier alpha value is -5.20. The van der Waals surface area contributed by atoms with E-state index in [-0.39, 0.29) is 24.3 Å². The van der Waals surface area contributed by atoms with Crippen LogP contribution in [0.1, 0.15) is 72.1 Å². The number of nitrogens with zero attached hydrogens (tertiary/aromatic N) is 4. The minimum Gasteiger partial charge on any atom is -0.406 e. The number of halogens is 3. The number of aromatic amines is 1. The summed E-state index contributed by atoms with van der Waals surface area (Å²) in [7, 11) is 0. The first-order chi connectivity index (χ1) is 21.7. The van der Waals surface area contributed by atoms with Crippen molar-refractivity contribution >= 4 is 29.1 Å². The summed E-state index contributed by atoms with van der Waals surface area (Å²) in [5, 5.41) is 18.7. The second-order valence-electron chi connectivity index (χ2n) is 10.5. The number of alkyl halides is 3. The Kier molecular flexibility index (Phi) is 9.76. The quantitative estimate of drug-likeness (QED) is 0.173. The number of carbonyl (C=O) groups excluding carboxylic acids is 2. The molecule has 0 saturated carbocycles. The molecule has 1 unspecified atom stereocenters. The number of urea groups is 1. The number of aromatic nitrogens is 4. The minimum atomic E-state index is -4.79. The lowest BCUT2D eigenvalue weighted by Crippen LogP contribution is -2.41. The second kappa shape index (κ2) is 14.1. The van der Waals surface area contributed by atoms with Gasteiger partial charge in [-0.15, -0.1) is 18.3 Å². The molecule has 1 aliphatic carbocycles. The average Bonchev–Trinajstić information content (AvgIpc) is 3.56. The number of amides is 3. The molecule has 3 amide bonds. The van der Waals surface area contributed by atoms with Crippen LogP contribution in [0.2, 0.25) is 0 Å². The summed E-state index contributed by atoms with van der Waals surface area (Å²) < 4.78 is 41.8. The second-order valence-corrected chi connectivity index (χ2v) is 10.5. The van der Waals surface area contributed by atoms with Gasteiger partial charge in [-0.2, -0.15) is 5.21 Å². The molecule has 45 heavy (non-hydrogen) atoms. The van der Waals surface area contributed by atoms with E-state index in [1.54, 1.807) is 29.2 Å². The lowest BCUT2D eigenvalue weighted by Gasteiger charge is -2.27. The Morgan fingerprint density at radius 3 is 2.33 bits per heavy atom. The molecule has 234 valence electrons. The van der Waals surface area contributed by atoms with Crippen LogP contribution < -0.4 is 20.3 Å². The van der Waals surface area contributed by atoms with E-state index in [4.69, 9.17) is 0 Å². The van der Waals surface area contributed by atoms with Crippen LogP contribution in [-0.2, 0) is 6.54 Å². The van der Waals surface area contributed by atoms with E-state index in [2.05, 4.69) is 42.1 Å². The lowest BCUT2D eigenvalue weighted by atomic mass is 9.93. The summed E-state index contributed by atoms with van der Waals surface area (Å²) in [6.07, 6.45) is 2.36. The van der Waals surface area contributed by atoms with Gasteiger partial charge >= 0.3 is 12.4 Å². The maximum atomic E-state index is 13.8. The van der Waals surface area contributed by atoms with E-state index in [1.165, 1.54) is 36.3 Å². The SMILES string of the molecule is CCC(NC(=O)N(Cc1ccc(C(=O)Nc2nn[nH]n2)cc1)c1ccc(C2=CCCCC2)cc1)c1ccc(OC(F)(F)F)cc1. The maximum Gasteiger partial charge on any atom is 0.573 e. The van der Waals surface area contributed by atoms with Gasteiger partial charge in [-0.1, -0.05) is 54.5 Å². The smallest absolute Gasteiger partial charge is 0.406 e. The fraction of sp³-hybridized carbons (Fsp3) is 0.281. The van der Waals surface area contributed by atoms with Gasteiger partial charge < -0.3 is 10.1 Å². The largest absolute Gasteiger partial charge is 0.573 e. The summed E-state index contributed by atoms with van der Waals surface area (Å²) >= 11 is 0. The Balaban J connectivity index is 1.35. The molecular formula is C32H32F3N7O3. The molecule has 0 fully saturated rings. The maximum absolute atomic E-state index is 13.8. The Bertz CT molecular complexity index is 1610. The number of hydrogen-bond donors (Lipinski definition) is 3. The van der Waals surface area contributed by atoms with Crippen molar-refractivity contribution in [3.8, 4) is 5.75 Å². The first kappa shape index (κ1) is 31.2. The predicted octanol–water partition coefficient (Wildman–Crippen LogP) is 7.18. The third kappa shape index (κ3) is 8.46. The van der Waals surface area contributed by atoms with E-state index in [0.717, 1.165) is 30.4 Å². The minimum absolute atomic E-state index is 0.0485. The van der Waals surface area contributed by atoms with Crippen LogP contribution in [0.5, 0.6) is 5.75 Å². The van der Waals surface area contributed by atoms with Crippen molar-refractivity contribution in [1.82, 2.24) is 25.9 Å². The molecular weight excluding hydrogens is 587 g/mol. The van der Waals surface area contributed by atoms with Crippen LogP contribution in [0.4, 0.5) is 29.6 Å². The van der Waals surface area contributed by atoms with Crippen molar-refractivity contribution in [2.45, 2.75) is 58.0 Å². The number of ether oxygens (including phenoxy) is 1. The highest BCUT2D eigenvalue weighted by atomic mass is 19.4. The topological polar surface area (TPSA) is 125 Å². The third-order valence-electron chi connectivity index (χ3n) is 7.44. The third-order valence-corrected chi connectivity index (χ3v) is 7.44. The van der Waals surface area contributed by atoms with Gasteiger partial charge in [0.2, 0.25) is 0 Å². The number of benzene rings is 3. The van der Waals surface area contributed by atoms with Crippen molar-refractivity contribution < 1.29 is 27.5 Å². The summed E-state index contributed by atoms with van der Waals surface area (Å²) in [4.78, 5) is 28.0.